The van der Waals surface area contributed by atoms with Crippen molar-refractivity contribution in [3.63, 3.8) is 0 Å². The minimum atomic E-state index is -0.486. The van der Waals surface area contributed by atoms with Gasteiger partial charge in [0.1, 0.15) is 5.75 Å². The second-order valence-corrected chi connectivity index (χ2v) is 7.43. The minimum Gasteiger partial charge on any atom is -0.484 e. The molecule has 1 aromatic heterocycles. The molecule has 1 amide bonds. The number of nitrogens with two attached hydrogens (primary N) is 1. The number of nitrogens with one attached hydrogen (secondary N) is 2. The first kappa shape index (κ1) is 26.7. The quantitative estimate of drug-likeness (QED) is 0.243. The van der Waals surface area contributed by atoms with Crippen LogP contribution in [0, 0.1) is 13.8 Å². The number of aliphatic imine (C=N–C) groups is 1. The molecule has 9 heteroatoms. The molecule has 4 N–H and O–H groups in total. The van der Waals surface area contributed by atoms with E-state index in [0.29, 0.717) is 12.3 Å². The van der Waals surface area contributed by atoms with Gasteiger partial charge in [0.2, 0.25) is 0 Å². The number of carbonyl (C=O) groups excluding carboxylic acids is 1. The Kier molecular flexibility index (Phi) is 11.4. The standard InChI is InChI=1S/C22H34N6O2.HI/c1-6-24-22(26-15(2)13-20-16(3)27-28(5)17(20)4)25-12-11-18-7-9-19(10-8-18)30-14-21(23)29;/h7-10,15H,6,11-14H2,1-5H3,(H2,23,29)(H2,24,25,26);1H. The van der Waals surface area contributed by atoms with E-state index in [0.717, 1.165) is 36.6 Å². The van der Waals surface area contributed by atoms with Crippen molar-refractivity contribution < 1.29 is 9.53 Å². The molecule has 0 bridgehead atoms. The normalized spacial score (nSPS) is 12.1. The van der Waals surface area contributed by atoms with E-state index in [4.69, 9.17) is 15.5 Å². The maximum Gasteiger partial charge on any atom is 0.255 e. The highest BCUT2D eigenvalue weighted by Gasteiger charge is 2.14. The number of hydrogen-bond donors (Lipinski definition) is 3. The summed E-state index contributed by atoms with van der Waals surface area (Å²) in [5.74, 6) is 0.955. The number of ether oxygens (including phenoxy) is 1. The predicted molar refractivity (Wildman–Crippen MR) is 135 cm³/mol. The molecule has 0 spiro atoms. The van der Waals surface area contributed by atoms with Crippen LogP contribution in [0.4, 0.5) is 0 Å². The maximum absolute atomic E-state index is 10.8. The molecule has 1 heterocycles. The van der Waals surface area contributed by atoms with Crippen LogP contribution >= 0.6 is 24.0 Å². The van der Waals surface area contributed by atoms with Gasteiger partial charge in [-0.3, -0.25) is 14.5 Å². The van der Waals surface area contributed by atoms with Crippen molar-refractivity contribution in [2.45, 2.75) is 46.6 Å². The van der Waals surface area contributed by atoms with E-state index in [2.05, 4.69) is 43.4 Å². The number of nitrogens with zero attached hydrogens (tertiary/aromatic N) is 3. The largest absolute Gasteiger partial charge is 0.484 e. The van der Waals surface area contributed by atoms with Crippen LogP contribution in [0.25, 0.3) is 0 Å². The lowest BCUT2D eigenvalue weighted by Gasteiger charge is -2.18. The average Bonchev–Trinajstić information content (AvgIpc) is 2.93. The fourth-order valence-corrected chi connectivity index (χ4v) is 3.23. The SMILES string of the molecule is CCNC(=NCCc1ccc(OCC(N)=O)cc1)NC(C)Cc1c(C)nn(C)c1C.I. The van der Waals surface area contributed by atoms with E-state index in [1.807, 2.05) is 36.0 Å². The van der Waals surface area contributed by atoms with Gasteiger partial charge in [-0.1, -0.05) is 12.1 Å². The molecule has 172 valence electrons. The zero-order valence-corrected chi connectivity index (χ0v) is 21.4. The molecule has 2 aromatic rings. The first-order valence-electron chi connectivity index (χ1n) is 10.3. The molecule has 0 fully saturated rings. The van der Waals surface area contributed by atoms with Crippen LogP contribution in [0.2, 0.25) is 0 Å². The Bertz CT molecular complexity index is 864. The summed E-state index contributed by atoms with van der Waals surface area (Å²) in [6.45, 7) is 9.72. The lowest BCUT2D eigenvalue weighted by Crippen LogP contribution is -2.43. The zero-order valence-electron chi connectivity index (χ0n) is 19.1. The van der Waals surface area contributed by atoms with Crippen molar-refractivity contribution in [1.29, 1.82) is 0 Å². The summed E-state index contributed by atoms with van der Waals surface area (Å²) in [7, 11) is 1.98. The predicted octanol–water partition coefficient (Wildman–Crippen LogP) is 2.25. The average molecular weight is 542 g/mol. The van der Waals surface area contributed by atoms with Crippen molar-refractivity contribution in [2.75, 3.05) is 19.7 Å². The molecule has 0 saturated heterocycles. The highest BCUT2D eigenvalue weighted by atomic mass is 127. The smallest absolute Gasteiger partial charge is 0.255 e. The fourth-order valence-electron chi connectivity index (χ4n) is 3.23. The Hall–Kier alpha value is -2.30. The van der Waals surface area contributed by atoms with E-state index in [-0.39, 0.29) is 36.6 Å². The third kappa shape index (κ3) is 8.76. The van der Waals surface area contributed by atoms with Crippen LogP contribution in [0.1, 0.15) is 36.4 Å². The van der Waals surface area contributed by atoms with Gasteiger partial charge in [-0.05, 0) is 63.8 Å². The number of aromatic nitrogens is 2. The first-order valence-corrected chi connectivity index (χ1v) is 10.3. The molecule has 8 nitrogen and oxygen atoms in total. The van der Waals surface area contributed by atoms with Gasteiger partial charge >= 0.3 is 0 Å². The van der Waals surface area contributed by atoms with Gasteiger partial charge in [0, 0.05) is 31.9 Å². The van der Waals surface area contributed by atoms with E-state index >= 15 is 0 Å². The van der Waals surface area contributed by atoms with E-state index in [1.54, 1.807) is 0 Å². The summed E-state index contributed by atoms with van der Waals surface area (Å²) in [5, 5.41) is 11.3. The van der Waals surface area contributed by atoms with Crippen LogP contribution in [0.15, 0.2) is 29.3 Å². The number of halogens is 1. The number of guanidine groups is 1. The zero-order chi connectivity index (χ0) is 22.1. The molecule has 1 aromatic carbocycles. The number of primary amides is 1. The van der Waals surface area contributed by atoms with Gasteiger partial charge in [-0.15, -0.1) is 24.0 Å². The van der Waals surface area contributed by atoms with Crippen LogP contribution in [0.3, 0.4) is 0 Å². The van der Waals surface area contributed by atoms with Gasteiger partial charge in [0.15, 0.2) is 12.6 Å². The van der Waals surface area contributed by atoms with Crippen LogP contribution < -0.4 is 21.1 Å². The molecule has 0 aliphatic heterocycles. The molecule has 0 saturated carbocycles. The Morgan fingerprint density at radius 1 is 1.29 bits per heavy atom. The number of amides is 1. The number of rotatable bonds is 10. The van der Waals surface area contributed by atoms with E-state index < -0.39 is 5.91 Å². The lowest BCUT2D eigenvalue weighted by atomic mass is 10.1. The van der Waals surface area contributed by atoms with Gasteiger partial charge < -0.3 is 21.1 Å². The number of hydrogen-bond acceptors (Lipinski definition) is 4. The molecular formula is C22H35IN6O2. The third-order valence-electron chi connectivity index (χ3n) is 4.87. The number of benzene rings is 1. The van der Waals surface area contributed by atoms with Crippen LogP contribution in [-0.4, -0.2) is 47.4 Å². The molecule has 0 radical (unpaired) electrons. The first-order chi connectivity index (χ1) is 14.3. The topological polar surface area (TPSA) is 107 Å². The third-order valence-corrected chi connectivity index (χ3v) is 4.87. The van der Waals surface area contributed by atoms with Gasteiger partial charge in [0.25, 0.3) is 5.91 Å². The molecule has 31 heavy (non-hydrogen) atoms. The van der Waals surface area contributed by atoms with Crippen LogP contribution in [-0.2, 0) is 24.7 Å². The molecular weight excluding hydrogens is 507 g/mol. The summed E-state index contributed by atoms with van der Waals surface area (Å²) >= 11 is 0. The Morgan fingerprint density at radius 3 is 2.52 bits per heavy atom. The Labute approximate surface area is 202 Å². The van der Waals surface area contributed by atoms with Gasteiger partial charge in [0.05, 0.1) is 5.69 Å². The van der Waals surface area contributed by atoms with E-state index in [9.17, 15) is 4.79 Å². The number of carbonyl (C=O) groups is 1. The highest BCUT2D eigenvalue weighted by molar-refractivity contribution is 14.0. The molecule has 1 atom stereocenters. The molecule has 2 rings (SSSR count). The highest BCUT2D eigenvalue weighted by Crippen LogP contribution is 2.14. The monoisotopic (exact) mass is 542 g/mol. The van der Waals surface area contributed by atoms with Gasteiger partial charge in [-0.2, -0.15) is 5.10 Å². The van der Waals surface area contributed by atoms with Crippen molar-refractivity contribution in [3.8, 4) is 5.75 Å². The summed E-state index contributed by atoms with van der Waals surface area (Å²) in [4.78, 5) is 15.5. The summed E-state index contributed by atoms with van der Waals surface area (Å²) in [5.41, 5.74) is 9.80. The van der Waals surface area contributed by atoms with Crippen molar-refractivity contribution in [1.82, 2.24) is 20.4 Å². The summed E-state index contributed by atoms with van der Waals surface area (Å²) < 4.78 is 7.21. The molecule has 0 aliphatic carbocycles. The van der Waals surface area contributed by atoms with Crippen molar-refractivity contribution >= 4 is 35.8 Å². The van der Waals surface area contributed by atoms with Crippen LogP contribution in [0.5, 0.6) is 5.75 Å². The number of aryl methyl sites for hydroxylation is 2. The molecule has 1 unspecified atom stereocenters. The lowest BCUT2D eigenvalue weighted by molar-refractivity contribution is -0.119. The van der Waals surface area contributed by atoms with Gasteiger partial charge in [-0.25, -0.2) is 0 Å². The summed E-state index contributed by atoms with van der Waals surface area (Å²) in [6, 6.07) is 7.86. The van der Waals surface area contributed by atoms with Crippen molar-refractivity contribution in [2.24, 2.45) is 17.8 Å². The van der Waals surface area contributed by atoms with E-state index in [1.165, 1.54) is 11.3 Å². The van der Waals surface area contributed by atoms with Crippen molar-refractivity contribution in [3.05, 3.63) is 46.8 Å². The maximum atomic E-state index is 10.8. The second kappa shape index (κ2) is 13.2. The fraction of sp³-hybridized carbons (Fsp3) is 0.500. The Balaban J connectivity index is 0.00000480. The summed E-state index contributed by atoms with van der Waals surface area (Å²) in [6.07, 6.45) is 1.70. The molecule has 0 aliphatic rings. The minimum absolute atomic E-state index is 0. The Morgan fingerprint density at radius 2 is 1.97 bits per heavy atom. The second-order valence-electron chi connectivity index (χ2n) is 7.43.